The zero-order valence-electron chi connectivity index (χ0n) is 6.40. The van der Waals surface area contributed by atoms with Crippen molar-refractivity contribution in [2.45, 2.75) is 0 Å². The number of hydrogen-bond donors (Lipinski definition) is 1. The Labute approximate surface area is 69.8 Å². The number of nitrogen functional groups attached to an aromatic ring is 1. The molecule has 1 heterocycles. The fourth-order valence-electron chi connectivity index (χ4n) is 1.02. The zero-order valence-corrected chi connectivity index (χ0v) is 6.40. The lowest BCUT2D eigenvalue weighted by molar-refractivity contribution is 0.595. The molecule has 0 bridgehead atoms. The first-order valence-electron chi connectivity index (χ1n) is 3.63. The maximum atomic E-state index is 5.34. The van der Waals surface area contributed by atoms with Crippen molar-refractivity contribution in [1.29, 1.82) is 0 Å². The highest BCUT2D eigenvalue weighted by Crippen LogP contribution is 2.19. The van der Waals surface area contributed by atoms with Crippen molar-refractivity contribution in [3.63, 3.8) is 0 Å². The van der Waals surface area contributed by atoms with Gasteiger partial charge in [0.2, 0.25) is 0 Å². The predicted molar refractivity (Wildman–Crippen MR) is 46.4 cm³/mol. The van der Waals surface area contributed by atoms with Crippen LogP contribution in [-0.2, 0) is 0 Å². The van der Waals surface area contributed by atoms with Crippen LogP contribution in [0.2, 0.25) is 0 Å². The van der Waals surface area contributed by atoms with E-state index in [4.69, 9.17) is 10.2 Å². The molecule has 2 rings (SSSR count). The molecule has 1 aromatic carbocycles. The average Bonchev–Trinajstić information content (AvgIpc) is 2.54. The molecule has 0 radical (unpaired) electrons. The Balaban J connectivity index is 2.45. The summed E-state index contributed by atoms with van der Waals surface area (Å²) < 4.78 is 5.14. The molecule has 0 aliphatic heterocycles. The minimum absolute atomic E-state index is 0.203. The maximum Gasteiger partial charge on any atom is 0.292 e. The molecule has 0 saturated heterocycles. The summed E-state index contributed by atoms with van der Waals surface area (Å²) in [7, 11) is 0. The van der Waals surface area contributed by atoms with Crippen LogP contribution in [0.25, 0.3) is 11.3 Å². The number of rotatable bonds is 1. The lowest BCUT2D eigenvalue weighted by Gasteiger charge is -1.92. The molecule has 0 fully saturated rings. The van der Waals surface area contributed by atoms with E-state index in [0.717, 1.165) is 5.56 Å². The van der Waals surface area contributed by atoms with Crippen molar-refractivity contribution < 1.29 is 4.42 Å². The van der Waals surface area contributed by atoms with Crippen LogP contribution in [0.5, 0.6) is 0 Å². The summed E-state index contributed by atoms with van der Waals surface area (Å²) in [5.41, 5.74) is 6.33. The van der Waals surface area contributed by atoms with Gasteiger partial charge in [-0.05, 0) is 0 Å². The van der Waals surface area contributed by atoms with Crippen LogP contribution in [0.1, 0.15) is 0 Å². The van der Waals surface area contributed by atoms with Crippen molar-refractivity contribution in [3.05, 3.63) is 36.5 Å². The number of hydrogen-bond acceptors (Lipinski definition) is 3. The number of anilines is 1. The van der Waals surface area contributed by atoms with Crippen LogP contribution >= 0.6 is 0 Å². The molecule has 12 heavy (non-hydrogen) atoms. The number of nitrogens with two attached hydrogens (primary N) is 1. The Hall–Kier alpha value is -1.77. The van der Waals surface area contributed by atoms with E-state index in [1.54, 1.807) is 6.20 Å². The summed E-state index contributed by atoms with van der Waals surface area (Å²) in [4.78, 5) is 3.80. The molecular weight excluding hydrogens is 152 g/mol. The van der Waals surface area contributed by atoms with Crippen LogP contribution in [0.4, 0.5) is 6.01 Å². The highest BCUT2D eigenvalue weighted by atomic mass is 16.4. The first-order chi connectivity index (χ1) is 5.86. The second-order valence-electron chi connectivity index (χ2n) is 2.43. The summed E-state index contributed by atoms with van der Waals surface area (Å²) in [6.07, 6.45) is 1.62. The van der Waals surface area contributed by atoms with Gasteiger partial charge in [0.1, 0.15) is 0 Å². The van der Waals surface area contributed by atoms with E-state index in [1.165, 1.54) is 0 Å². The second-order valence-corrected chi connectivity index (χ2v) is 2.43. The van der Waals surface area contributed by atoms with Gasteiger partial charge in [0.05, 0.1) is 6.20 Å². The Bertz CT molecular complexity index is 367. The van der Waals surface area contributed by atoms with E-state index in [0.29, 0.717) is 5.76 Å². The average molecular weight is 160 g/mol. The summed E-state index contributed by atoms with van der Waals surface area (Å²) >= 11 is 0. The number of benzene rings is 1. The third kappa shape index (κ3) is 1.16. The Kier molecular flexibility index (Phi) is 1.55. The van der Waals surface area contributed by atoms with E-state index < -0.39 is 0 Å². The first kappa shape index (κ1) is 6.91. The molecule has 2 N–H and O–H groups in total. The fourth-order valence-corrected chi connectivity index (χ4v) is 1.02. The SMILES string of the molecule is Nc1ncc(-c2ccccc2)o1. The quantitative estimate of drug-likeness (QED) is 0.693. The molecule has 3 heteroatoms. The van der Waals surface area contributed by atoms with Gasteiger partial charge >= 0.3 is 0 Å². The third-order valence-electron chi connectivity index (χ3n) is 1.58. The van der Waals surface area contributed by atoms with E-state index in [-0.39, 0.29) is 6.01 Å². The van der Waals surface area contributed by atoms with Gasteiger partial charge in [-0.3, -0.25) is 0 Å². The molecule has 0 unspecified atom stereocenters. The van der Waals surface area contributed by atoms with Crippen LogP contribution in [0, 0.1) is 0 Å². The van der Waals surface area contributed by atoms with Crippen LogP contribution in [0.15, 0.2) is 40.9 Å². The van der Waals surface area contributed by atoms with Crippen molar-refractivity contribution >= 4 is 6.01 Å². The van der Waals surface area contributed by atoms with Gasteiger partial charge in [0, 0.05) is 5.56 Å². The molecule has 2 aromatic rings. The van der Waals surface area contributed by atoms with Crippen LogP contribution in [-0.4, -0.2) is 4.98 Å². The second kappa shape index (κ2) is 2.70. The van der Waals surface area contributed by atoms with Gasteiger partial charge in [-0.1, -0.05) is 30.3 Å². The highest BCUT2D eigenvalue weighted by molar-refractivity contribution is 5.56. The van der Waals surface area contributed by atoms with Crippen molar-refractivity contribution in [1.82, 2.24) is 4.98 Å². The van der Waals surface area contributed by atoms with Gasteiger partial charge in [0.15, 0.2) is 5.76 Å². The first-order valence-corrected chi connectivity index (χ1v) is 3.63. The van der Waals surface area contributed by atoms with Gasteiger partial charge in [-0.2, -0.15) is 0 Å². The Morgan fingerprint density at radius 2 is 1.92 bits per heavy atom. The van der Waals surface area contributed by atoms with Crippen LogP contribution < -0.4 is 5.73 Å². The summed E-state index contributed by atoms with van der Waals surface area (Å²) in [5, 5.41) is 0. The summed E-state index contributed by atoms with van der Waals surface area (Å²) in [5.74, 6) is 0.702. The van der Waals surface area contributed by atoms with E-state index in [1.807, 2.05) is 30.3 Å². The van der Waals surface area contributed by atoms with Crippen molar-refractivity contribution in [3.8, 4) is 11.3 Å². The number of nitrogens with zero attached hydrogens (tertiary/aromatic N) is 1. The van der Waals surface area contributed by atoms with Crippen molar-refractivity contribution in [2.75, 3.05) is 5.73 Å². The highest BCUT2D eigenvalue weighted by Gasteiger charge is 2.01. The third-order valence-corrected chi connectivity index (χ3v) is 1.58. The number of aromatic nitrogens is 1. The topological polar surface area (TPSA) is 52.0 Å². The molecule has 0 spiro atoms. The minimum Gasteiger partial charge on any atom is -0.424 e. The van der Waals surface area contributed by atoms with Gasteiger partial charge in [-0.25, -0.2) is 4.98 Å². The Morgan fingerprint density at radius 3 is 2.50 bits per heavy atom. The lowest BCUT2D eigenvalue weighted by atomic mass is 10.2. The number of oxazole rings is 1. The molecule has 0 saturated carbocycles. The molecular formula is C9H8N2O. The fraction of sp³-hybridized carbons (Fsp3) is 0. The molecule has 0 amide bonds. The molecule has 3 nitrogen and oxygen atoms in total. The van der Waals surface area contributed by atoms with Gasteiger partial charge in [0.25, 0.3) is 6.01 Å². The molecule has 1 aromatic heterocycles. The monoisotopic (exact) mass is 160 g/mol. The van der Waals surface area contributed by atoms with E-state index in [9.17, 15) is 0 Å². The summed E-state index contributed by atoms with van der Waals surface area (Å²) in [6.45, 7) is 0. The largest absolute Gasteiger partial charge is 0.424 e. The molecule has 60 valence electrons. The molecule has 0 aliphatic rings. The Morgan fingerprint density at radius 1 is 1.17 bits per heavy atom. The van der Waals surface area contributed by atoms with E-state index >= 15 is 0 Å². The van der Waals surface area contributed by atoms with Crippen LogP contribution in [0.3, 0.4) is 0 Å². The zero-order chi connectivity index (χ0) is 8.39. The maximum absolute atomic E-state index is 5.34. The standard InChI is InChI=1S/C9H8N2O/c10-9-11-6-8(12-9)7-4-2-1-3-5-7/h1-6H,(H2,10,11). The lowest BCUT2D eigenvalue weighted by Crippen LogP contribution is -1.79. The van der Waals surface area contributed by atoms with Gasteiger partial charge < -0.3 is 10.2 Å². The van der Waals surface area contributed by atoms with Crippen molar-refractivity contribution in [2.24, 2.45) is 0 Å². The minimum atomic E-state index is 0.203. The van der Waals surface area contributed by atoms with Gasteiger partial charge in [-0.15, -0.1) is 0 Å². The molecule has 0 aliphatic carbocycles. The summed E-state index contributed by atoms with van der Waals surface area (Å²) in [6, 6.07) is 9.92. The molecule has 0 atom stereocenters. The van der Waals surface area contributed by atoms with E-state index in [2.05, 4.69) is 4.98 Å². The predicted octanol–water partition coefficient (Wildman–Crippen LogP) is 1.92. The smallest absolute Gasteiger partial charge is 0.292 e. The normalized spacial score (nSPS) is 10.0.